The highest BCUT2D eigenvalue weighted by Gasteiger charge is 2.13. The zero-order valence-electron chi connectivity index (χ0n) is 18.5. The average molecular weight is 490 g/mol. The van der Waals surface area contributed by atoms with Crippen LogP contribution in [0.3, 0.4) is 0 Å². The number of fused-ring (bicyclic) bond motifs is 1. The van der Waals surface area contributed by atoms with Crippen molar-refractivity contribution in [2.24, 2.45) is 0 Å². The lowest BCUT2D eigenvalue weighted by Crippen LogP contribution is -2.04. The Morgan fingerprint density at radius 1 is 0.812 bits per heavy atom. The molecule has 4 aromatic rings. The lowest BCUT2D eigenvalue weighted by molar-refractivity contribution is 0.268. The van der Waals surface area contributed by atoms with Crippen molar-refractivity contribution in [3.63, 3.8) is 0 Å². The van der Waals surface area contributed by atoms with Crippen molar-refractivity contribution in [3.05, 3.63) is 100 Å². The summed E-state index contributed by atoms with van der Waals surface area (Å²) in [6.45, 7) is 5.91. The van der Waals surface area contributed by atoms with Crippen molar-refractivity contribution >= 4 is 32.4 Å². The summed E-state index contributed by atoms with van der Waals surface area (Å²) in [6.07, 6.45) is 1.05. The number of benzene rings is 4. The largest absolute Gasteiger partial charge is 0.490 e. The molecule has 0 aliphatic rings. The Hall–Kier alpha value is -2.98. The van der Waals surface area contributed by atoms with Crippen molar-refractivity contribution in [2.45, 2.75) is 33.4 Å². The fraction of sp³-hybridized carbons (Fsp3) is 0.214. The molecule has 0 spiro atoms. The van der Waals surface area contributed by atoms with Gasteiger partial charge in [-0.1, -0.05) is 61.5 Å². The molecule has 0 unspecified atom stereocenters. The molecule has 0 aliphatic heterocycles. The maximum Gasteiger partial charge on any atom is 0.175 e. The van der Waals surface area contributed by atoms with Crippen LogP contribution in [-0.2, 0) is 19.6 Å². The molecule has 0 heterocycles. The molecule has 0 saturated carbocycles. The van der Waals surface area contributed by atoms with Crippen molar-refractivity contribution in [3.8, 4) is 11.5 Å². The minimum absolute atomic E-state index is 0.474. The van der Waals surface area contributed by atoms with Crippen molar-refractivity contribution in [1.29, 1.82) is 0 Å². The Morgan fingerprint density at radius 3 is 2.38 bits per heavy atom. The maximum absolute atomic E-state index is 6.27. The molecule has 4 heteroatoms. The van der Waals surface area contributed by atoms with Crippen molar-refractivity contribution in [1.82, 2.24) is 0 Å². The van der Waals surface area contributed by atoms with Gasteiger partial charge in [-0.3, -0.25) is 0 Å². The van der Waals surface area contributed by atoms with Crippen LogP contribution in [0.2, 0.25) is 0 Å². The van der Waals surface area contributed by atoms with Gasteiger partial charge in [-0.05, 0) is 81.0 Å². The van der Waals surface area contributed by atoms with Gasteiger partial charge in [0.1, 0.15) is 6.61 Å². The van der Waals surface area contributed by atoms with E-state index in [1.54, 1.807) is 0 Å². The standard InChI is InChI=1S/C28H28BrNO2/c1-3-20-12-14-24(15-13-20)30-18-21-16-26(29)28(27(17-21)31-4-2)32-19-23-10-7-9-22-8-5-6-11-25(22)23/h5-17,30H,3-4,18-19H2,1-2H3. The van der Waals surface area contributed by atoms with Gasteiger partial charge in [0, 0.05) is 12.2 Å². The average Bonchev–Trinajstić information content (AvgIpc) is 2.83. The first-order valence-electron chi connectivity index (χ1n) is 11.1. The van der Waals surface area contributed by atoms with Crippen LogP contribution in [0.15, 0.2) is 83.3 Å². The Bertz CT molecular complexity index is 1180. The third-order valence-electron chi connectivity index (χ3n) is 5.48. The third-order valence-corrected chi connectivity index (χ3v) is 6.07. The van der Waals surface area contributed by atoms with Gasteiger partial charge in [0.2, 0.25) is 0 Å². The van der Waals surface area contributed by atoms with Gasteiger partial charge < -0.3 is 14.8 Å². The topological polar surface area (TPSA) is 30.5 Å². The van der Waals surface area contributed by atoms with Gasteiger partial charge in [0.05, 0.1) is 11.1 Å². The van der Waals surface area contributed by atoms with Gasteiger partial charge in [-0.2, -0.15) is 0 Å². The molecule has 164 valence electrons. The highest BCUT2D eigenvalue weighted by Crippen LogP contribution is 2.38. The van der Waals surface area contributed by atoms with Crippen LogP contribution >= 0.6 is 15.9 Å². The van der Waals surface area contributed by atoms with E-state index in [4.69, 9.17) is 9.47 Å². The minimum atomic E-state index is 0.474. The molecule has 0 saturated heterocycles. The molecular formula is C28H28BrNO2. The summed E-state index contributed by atoms with van der Waals surface area (Å²) in [6, 6.07) is 27.4. The fourth-order valence-corrected chi connectivity index (χ4v) is 4.36. The number of aryl methyl sites for hydroxylation is 1. The van der Waals surface area contributed by atoms with Gasteiger partial charge in [0.15, 0.2) is 11.5 Å². The van der Waals surface area contributed by atoms with Gasteiger partial charge in [-0.25, -0.2) is 0 Å². The number of halogens is 1. The summed E-state index contributed by atoms with van der Waals surface area (Å²) in [5.41, 5.74) is 4.72. The Labute approximate surface area is 198 Å². The predicted octanol–water partition coefficient (Wildman–Crippen LogP) is 7.75. The van der Waals surface area contributed by atoms with Crippen LogP contribution in [0.5, 0.6) is 11.5 Å². The summed E-state index contributed by atoms with van der Waals surface area (Å²) in [4.78, 5) is 0. The van der Waals surface area contributed by atoms with E-state index < -0.39 is 0 Å². The second kappa shape index (κ2) is 10.6. The first kappa shape index (κ1) is 22.2. The number of anilines is 1. The van der Waals surface area contributed by atoms with Crippen LogP contribution in [0, 0.1) is 0 Å². The Morgan fingerprint density at radius 2 is 1.59 bits per heavy atom. The predicted molar refractivity (Wildman–Crippen MR) is 137 cm³/mol. The lowest BCUT2D eigenvalue weighted by atomic mass is 10.1. The molecule has 0 radical (unpaired) electrons. The van der Waals surface area contributed by atoms with Crippen LogP contribution < -0.4 is 14.8 Å². The summed E-state index contributed by atoms with van der Waals surface area (Å²) < 4.78 is 13.1. The molecule has 0 aliphatic carbocycles. The van der Waals surface area contributed by atoms with Gasteiger partial charge >= 0.3 is 0 Å². The zero-order chi connectivity index (χ0) is 22.3. The molecule has 0 amide bonds. The monoisotopic (exact) mass is 489 g/mol. The quantitative estimate of drug-likeness (QED) is 0.260. The fourth-order valence-electron chi connectivity index (χ4n) is 3.76. The van der Waals surface area contributed by atoms with Crippen molar-refractivity contribution < 1.29 is 9.47 Å². The highest BCUT2D eigenvalue weighted by molar-refractivity contribution is 9.10. The number of nitrogens with one attached hydrogen (secondary N) is 1. The molecule has 0 aromatic heterocycles. The highest BCUT2D eigenvalue weighted by atomic mass is 79.9. The molecule has 32 heavy (non-hydrogen) atoms. The first-order chi connectivity index (χ1) is 15.7. The number of ether oxygens (including phenoxy) is 2. The smallest absolute Gasteiger partial charge is 0.175 e. The van der Waals surface area contributed by atoms with E-state index in [0.717, 1.165) is 39.2 Å². The Balaban J connectivity index is 1.51. The molecule has 0 bridgehead atoms. The molecule has 0 atom stereocenters. The van der Waals surface area contributed by atoms with E-state index in [0.29, 0.717) is 19.8 Å². The van der Waals surface area contributed by atoms with Crippen LogP contribution in [0.1, 0.15) is 30.5 Å². The van der Waals surface area contributed by atoms with Crippen LogP contribution in [0.25, 0.3) is 10.8 Å². The first-order valence-corrected chi connectivity index (χ1v) is 11.8. The molecule has 1 N–H and O–H groups in total. The van der Waals surface area contributed by atoms with E-state index in [1.165, 1.54) is 16.3 Å². The summed E-state index contributed by atoms with van der Waals surface area (Å²) in [5, 5.41) is 5.91. The summed E-state index contributed by atoms with van der Waals surface area (Å²) >= 11 is 3.70. The van der Waals surface area contributed by atoms with E-state index in [2.05, 4.69) is 107 Å². The number of rotatable bonds is 9. The minimum Gasteiger partial charge on any atom is -0.490 e. The van der Waals surface area contributed by atoms with Crippen molar-refractivity contribution in [2.75, 3.05) is 11.9 Å². The van der Waals surface area contributed by atoms with E-state index >= 15 is 0 Å². The second-order valence-corrected chi connectivity index (χ2v) is 8.52. The zero-order valence-corrected chi connectivity index (χ0v) is 20.1. The molecule has 0 fully saturated rings. The molecule has 4 aromatic carbocycles. The molecule has 3 nitrogen and oxygen atoms in total. The summed E-state index contributed by atoms with van der Waals surface area (Å²) in [7, 11) is 0. The third kappa shape index (κ3) is 5.25. The maximum atomic E-state index is 6.27. The van der Waals surface area contributed by atoms with Crippen LogP contribution in [0.4, 0.5) is 5.69 Å². The SMILES string of the molecule is CCOc1cc(CNc2ccc(CC)cc2)cc(Br)c1OCc1cccc2ccccc12. The van der Waals surface area contributed by atoms with E-state index in [1.807, 2.05) is 6.92 Å². The number of hydrogen-bond acceptors (Lipinski definition) is 3. The van der Waals surface area contributed by atoms with Crippen LogP contribution in [-0.4, -0.2) is 6.61 Å². The van der Waals surface area contributed by atoms with E-state index in [9.17, 15) is 0 Å². The molecular weight excluding hydrogens is 462 g/mol. The number of hydrogen-bond donors (Lipinski definition) is 1. The lowest BCUT2D eigenvalue weighted by Gasteiger charge is -2.17. The Kier molecular flexibility index (Phi) is 7.33. The normalized spacial score (nSPS) is 10.8. The van der Waals surface area contributed by atoms with Gasteiger partial charge in [-0.15, -0.1) is 0 Å². The van der Waals surface area contributed by atoms with E-state index in [-0.39, 0.29) is 0 Å². The van der Waals surface area contributed by atoms with Gasteiger partial charge in [0.25, 0.3) is 0 Å². The second-order valence-electron chi connectivity index (χ2n) is 7.67. The molecule has 4 rings (SSSR count). The summed E-state index contributed by atoms with van der Waals surface area (Å²) in [5.74, 6) is 1.48.